The van der Waals surface area contributed by atoms with Crippen molar-refractivity contribution < 1.29 is 9.26 Å². The second kappa shape index (κ2) is 6.61. The van der Waals surface area contributed by atoms with Crippen LogP contribution < -0.4 is 10.1 Å². The molecule has 21 heavy (non-hydrogen) atoms. The van der Waals surface area contributed by atoms with Crippen molar-refractivity contribution in [3.8, 4) is 5.75 Å². The Labute approximate surface area is 125 Å². The van der Waals surface area contributed by atoms with Gasteiger partial charge in [0.05, 0.1) is 13.2 Å². The number of aromatic nitrogens is 2. The summed E-state index contributed by atoms with van der Waals surface area (Å²) in [7, 11) is 1.67. The summed E-state index contributed by atoms with van der Waals surface area (Å²) in [6, 6.07) is 8.59. The van der Waals surface area contributed by atoms with Crippen molar-refractivity contribution in [1.82, 2.24) is 10.1 Å². The molecule has 0 bridgehead atoms. The fraction of sp³-hybridized carbons (Fsp3) is 0.500. The Morgan fingerprint density at radius 1 is 1.10 bits per heavy atom. The highest BCUT2D eigenvalue weighted by Crippen LogP contribution is 2.27. The monoisotopic (exact) mass is 289 g/mol. The summed E-state index contributed by atoms with van der Waals surface area (Å²) < 4.78 is 10.5. The molecule has 0 aliphatic heterocycles. The lowest BCUT2D eigenvalue weighted by atomic mass is 9.96. The fourth-order valence-corrected chi connectivity index (χ4v) is 2.11. The van der Waals surface area contributed by atoms with E-state index in [1.54, 1.807) is 7.11 Å². The van der Waals surface area contributed by atoms with E-state index in [0.29, 0.717) is 11.9 Å². The van der Waals surface area contributed by atoms with Gasteiger partial charge in [-0.2, -0.15) is 4.98 Å². The maximum Gasteiger partial charge on any atom is 0.321 e. The summed E-state index contributed by atoms with van der Waals surface area (Å²) in [5.74, 6) is 2.20. The van der Waals surface area contributed by atoms with Crippen LogP contribution in [0.25, 0.3) is 0 Å². The second-order valence-corrected chi connectivity index (χ2v) is 5.75. The van der Waals surface area contributed by atoms with Crippen molar-refractivity contribution in [3.05, 3.63) is 35.7 Å². The highest BCUT2D eigenvalue weighted by molar-refractivity contribution is 5.34. The highest BCUT2D eigenvalue weighted by atomic mass is 16.5. The number of methoxy groups -OCH3 is 1. The lowest BCUT2D eigenvalue weighted by Crippen LogP contribution is -2.17. The molecule has 0 saturated heterocycles. The Bertz CT molecular complexity index is 561. The summed E-state index contributed by atoms with van der Waals surface area (Å²) in [4.78, 5) is 4.38. The van der Waals surface area contributed by atoms with Crippen molar-refractivity contribution >= 4 is 6.01 Å². The van der Waals surface area contributed by atoms with Crippen molar-refractivity contribution in [2.45, 2.75) is 39.7 Å². The van der Waals surface area contributed by atoms with Crippen molar-refractivity contribution in [3.63, 3.8) is 0 Å². The van der Waals surface area contributed by atoms with Gasteiger partial charge in [0.2, 0.25) is 0 Å². The predicted molar refractivity (Wildman–Crippen MR) is 82.6 cm³/mol. The van der Waals surface area contributed by atoms with Crippen LogP contribution in [0, 0.1) is 5.92 Å². The first kappa shape index (κ1) is 15.4. The molecule has 114 valence electrons. The minimum atomic E-state index is 0.108. The summed E-state index contributed by atoms with van der Waals surface area (Å²) in [6.45, 7) is 8.39. The molecule has 0 radical (unpaired) electrons. The molecule has 1 heterocycles. The molecule has 1 atom stereocenters. The van der Waals surface area contributed by atoms with Crippen LogP contribution in [0.5, 0.6) is 5.75 Å². The third kappa shape index (κ3) is 3.74. The number of ether oxygens (including phenoxy) is 1. The van der Waals surface area contributed by atoms with E-state index in [0.717, 1.165) is 17.1 Å². The smallest absolute Gasteiger partial charge is 0.321 e. The molecule has 0 saturated carbocycles. The largest absolute Gasteiger partial charge is 0.497 e. The molecule has 5 nitrogen and oxygen atoms in total. The molecule has 1 N–H and O–H groups in total. The minimum absolute atomic E-state index is 0.108. The Balaban J connectivity index is 2.17. The van der Waals surface area contributed by atoms with Crippen LogP contribution in [0.4, 0.5) is 6.01 Å². The second-order valence-electron chi connectivity index (χ2n) is 5.75. The minimum Gasteiger partial charge on any atom is -0.497 e. The Kier molecular flexibility index (Phi) is 4.83. The van der Waals surface area contributed by atoms with Gasteiger partial charge in [-0.05, 0) is 23.6 Å². The van der Waals surface area contributed by atoms with E-state index in [-0.39, 0.29) is 12.0 Å². The number of benzene rings is 1. The van der Waals surface area contributed by atoms with Crippen LogP contribution >= 0.6 is 0 Å². The van der Waals surface area contributed by atoms with Gasteiger partial charge >= 0.3 is 6.01 Å². The molecule has 5 heteroatoms. The number of anilines is 1. The van der Waals surface area contributed by atoms with Crippen LogP contribution in [0.3, 0.4) is 0 Å². The third-order valence-electron chi connectivity index (χ3n) is 3.38. The normalized spacial score (nSPS) is 12.7. The average molecular weight is 289 g/mol. The fourth-order valence-electron chi connectivity index (χ4n) is 2.11. The van der Waals surface area contributed by atoms with Crippen molar-refractivity contribution in [1.29, 1.82) is 0 Å². The number of nitrogens with zero attached hydrogens (tertiary/aromatic N) is 2. The van der Waals surface area contributed by atoms with Gasteiger partial charge in [-0.3, -0.25) is 0 Å². The molecule has 1 aromatic heterocycles. The molecule has 2 rings (SSSR count). The van der Waals surface area contributed by atoms with Gasteiger partial charge in [0.1, 0.15) is 5.75 Å². The number of rotatable bonds is 6. The lowest BCUT2D eigenvalue weighted by Gasteiger charge is -2.21. The Morgan fingerprint density at radius 3 is 2.24 bits per heavy atom. The molecule has 0 aliphatic carbocycles. The number of hydrogen-bond acceptors (Lipinski definition) is 5. The average Bonchev–Trinajstić information content (AvgIpc) is 2.93. The summed E-state index contributed by atoms with van der Waals surface area (Å²) in [6.07, 6.45) is 0. The molecule has 0 aliphatic rings. The van der Waals surface area contributed by atoms with Gasteiger partial charge in [0, 0.05) is 5.92 Å². The zero-order valence-electron chi connectivity index (χ0n) is 13.3. The quantitative estimate of drug-likeness (QED) is 0.870. The summed E-state index contributed by atoms with van der Waals surface area (Å²) in [5.41, 5.74) is 1.16. The van der Waals surface area contributed by atoms with Crippen molar-refractivity contribution in [2.75, 3.05) is 12.4 Å². The molecule has 1 unspecified atom stereocenters. The Morgan fingerprint density at radius 2 is 1.76 bits per heavy atom. The third-order valence-corrected chi connectivity index (χ3v) is 3.38. The SMILES string of the molecule is COc1ccc(C(Nc2nc(C(C)C)no2)C(C)C)cc1. The van der Waals surface area contributed by atoms with Gasteiger partial charge in [-0.1, -0.05) is 45.0 Å². The summed E-state index contributed by atoms with van der Waals surface area (Å²) in [5, 5.41) is 7.31. The van der Waals surface area contributed by atoms with Crippen molar-refractivity contribution in [2.24, 2.45) is 5.92 Å². The lowest BCUT2D eigenvalue weighted by molar-refractivity contribution is 0.407. The highest BCUT2D eigenvalue weighted by Gasteiger charge is 2.19. The van der Waals surface area contributed by atoms with Gasteiger partial charge in [0.15, 0.2) is 5.82 Å². The first-order valence-electron chi connectivity index (χ1n) is 7.25. The van der Waals surface area contributed by atoms with E-state index in [1.807, 2.05) is 26.0 Å². The van der Waals surface area contributed by atoms with E-state index >= 15 is 0 Å². The molecule has 0 amide bonds. The summed E-state index contributed by atoms with van der Waals surface area (Å²) >= 11 is 0. The topological polar surface area (TPSA) is 60.2 Å². The molecule has 1 aromatic carbocycles. The maximum atomic E-state index is 5.28. The van der Waals surface area contributed by atoms with E-state index < -0.39 is 0 Å². The number of hydrogen-bond donors (Lipinski definition) is 1. The van der Waals surface area contributed by atoms with Crippen LogP contribution in [0.1, 0.15) is 51.0 Å². The van der Waals surface area contributed by atoms with E-state index in [1.165, 1.54) is 0 Å². The predicted octanol–water partition coefficient (Wildman–Crippen LogP) is 4.01. The Hall–Kier alpha value is -2.04. The van der Waals surface area contributed by atoms with Crippen LogP contribution in [0.15, 0.2) is 28.8 Å². The van der Waals surface area contributed by atoms with E-state index in [4.69, 9.17) is 9.26 Å². The molecule has 2 aromatic rings. The molecular weight excluding hydrogens is 266 g/mol. The van der Waals surface area contributed by atoms with Crippen LogP contribution in [-0.2, 0) is 0 Å². The first-order valence-corrected chi connectivity index (χ1v) is 7.25. The van der Waals surface area contributed by atoms with Gasteiger partial charge in [0.25, 0.3) is 0 Å². The van der Waals surface area contributed by atoms with Gasteiger partial charge < -0.3 is 14.6 Å². The van der Waals surface area contributed by atoms with Crippen LogP contribution in [-0.4, -0.2) is 17.3 Å². The van der Waals surface area contributed by atoms with Gasteiger partial charge in [-0.25, -0.2) is 0 Å². The van der Waals surface area contributed by atoms with E-state index in [9.17, 15) is 0 Å². The molecule has 0 spiro atoms. The standard InChI is InChI=1S/C16H23N3O2/c1-10(2)14(12-6-8-13(20-5)9-7-12)17-16-18-15(11(3)4)19-21-16/h6-11,14H,1-5H3,(H,17,18,19). The van der Waals surface area contributed by atoms with E-state index in [2.05, 4.69) is 41.4 Å². The van der Waals surface area contributed by atoms with Gasteiger partial charge in [-0.15, -0.1) is 0 Å². The number of nitrogens with one attached hydrogen (secondary N) is 1. The zero-order valence-corrected chi connectivity index (χ0v) is 13.3. The zero-order chi connectivity index (χ0) is 15.4. The first-order chi connectivity index (χ1) is 10.0. The van der Waals surface area contributed by atoms with Crippen LogP contribution in [0.2, 0.25) is 0 Å². The molecule has 0 fully saturated rings. The maximum absolute atomic E-state index is 5.28. The molecular formula is C16H23N3O2.